The maximum atomic E-state index is 13.6. The summed E-state index contributed by atoms with van der Waals surface area (Å²) in [6, 6.07) is 0. The number of aliphatic hydroxyl groups is 6. The largest absolute Gasteiger partial charge is 0.458 e. The summed E-state index contributed by atoms with van der Waals surface area (Å²) in [6.07, 6.45) is 2.88. The van der Waals surface area contributed by atoms with Crippen LogP contribution in [0.15, 0.2) is 48.6 Å². The number of cyclic esters (lactones) is 2. The molecule has 0 aromatic rings. The van der Waals surface area contributed by atoms with E-state index in [2.05, 4.69) is 0 Å². The molecule has 0 aromatic carbocycles. The Morgan fingerprint density at radius 2 is 0.932 bits per heavy atom. The Bertz CT molecular complexity index is 1760. The number of carbonyl (C=O) groups is 2. The highest BCUT2D eigenvalue weighted by Crippen LogP contribution is 2.45. The van der Waals surface area contributed by atoms with Gasteiger partial charge in [0.1, 0.15) is 24.4 Å². The zero-order valence-corrected chi connectivity index (χ0v) is 46.3. The first-order valence-electron chi connectivity index (χ1n) is 27.1. The molecule has 0 aromatic heterocycles. The number of hydrogen-bond donors (Lipinski definition) is 6. The van der Waals surface area contributed by atoms with Crippen LogP contribution in [0.25, 0.3) is 0 Å². The van der Waals surface area contributed by atoms with Crippen LogP contribution in [0.5, 0.6) is 0 Å². The molecule has 18 heteroatoms. The van der Waals surface area contributed by atoms with Crippen molar-refractivity contribution in [3.8, 4) is 0 Å². The van der Waals surface area contributed by atoms with Gasteiger partial charge in [-0.15, -0.1) is 0 Å². The number of carbonyl (C=O) groups excluding carboxylic acids is 2. The fraction of sp³-hybridized carbons (Fsp3) is 0.821. The monoisotopic (exact) mass is 1050 g/mol. The van der Waals surface area contributed by atoms with Crippen molar-refractivity contribution in [2.75, 3.05) is 14.2 Å². The van der Waals surface area contributed by atoms with Crippen molar-refractivity contribution in [1.82, 2.24) is 0 Å². The third-order valence-corrected chi connectivity index (χ3v) is 17.1. The summed E-state index contributed by atoms with van der Waals surface area (Å²) < 4.78 is 60.9. The summed E-state index contributed by atoms with van der Waals surface area (Å²) in [5, 5.41) is 69.7. The highest BCUT2D eigenvalue weighted by Gasteiger charge is 2.54. The average molecular weight is 1050 g/mol. The van der Waals surface area contributed by atoms with E-state index in [0.29, 0.717) is 25.7 Å². The van der Waals surface area contributed by atoms with Gasteiger partial charge < -0.3 is 78.0 Å². The van der Waals surface area contributed by atoms with Crippen molar-refractivity contribution >= 4 is 11.9 Å². The Morgan fingerprint density at radius 1 is 0.581 bits per heavy atom. The second kappa shape index (κ2) is 27.3. The predicted octanol–water partition coefficient (Wildman–Crippen LogP) is 5.43. The van der Waals surface area contributed by atoms with E-state index in [9.17, 15) is 40.2 Å². The van der Waals surface area contributed by atoms with Gasteiger partial charge in [-0.2, -0.15) is 0 Å². The summed E-state index contributed by atoms with van der Waals surface area (Å²) in [4.78, 5) is 27.1. The van der Waals surface area contributed by atoms with Gasteiger partial charge in [-0.3, -0.25) is 0 Å². The summed E-state index contributed by atoms with van der Waals surface area (Å²) in [5.74, 6) is -9.52. The van der Waals surface area contributed by atoms with Crippen LogP contribution in [-0.4, -0.2) is 166 Å². The lowest BCUT2D eigenvalue weighted by molar-refractivity contribution is -0.346. The first-order chi connectivity index (χ1) is 34.8. The van der Waals surface area contributed by atoms with Gasteiger partial charge in [-0.1, -0.05) is 91.8 Å². The number of ether oxygens (including phenoxy) is 10. The van der Waals surface area contributed by atoms with Crippen LogP contribution >= 0.6 is 0 Å². The van der Waals surface area contributed by atoms with Gasteiger partial charge in [0.05, 0.1) is 61.0 Å². The van der Waals surface area contributed by atoms with Crippen molar-refractivity contribution in [2.45, 2.75) is 231 Å². The number of allylic oxidation sites excluding steroid dienone is 4. The van der Waals surface area contributed by atoms with E-state index in [1.807, 2.05) is 41.5 Å². The van der Waals surface area contributed by atoms with Gasteiger partial charge in [0.2, 0.25) is 0 Å². The van der Waals surface area contributed by atoms with Crippen molar-refractivity contribution < 1.29 is 87.6 Å². The Hall–Kier alpha value is -2.66. The standard InChI is InChI=1S/C56H92O18/c1-15-39-35(9)73-55(63,27-43(39)69-47-25-41(65-13)51(61)37(11)67-47)33(7)49(59)31(5)53-29(3)21-17-19-24-46(58)72-54(30(4)22-18-20-23-45(57)71-53)32(6)50(60)34(8)56(64)28-44(40(16-2)36(10)74-56)70-48-26-42(66-14)52(62)38(12)68-48/h17-24,29-44,47-54,59-64H,15-16,25-28H2,1-14H3/b21-17+,22-18+,23-20+,24-19+/t29?,30?,31-,32-,33-,34-,35+,36+,37-,38-,39+,40+,41-,42-,43+,44+,47-,48-,49+,50+,51+,52+,53-,54-,55+,56+/m0/s1. The number of aliphatic hydroxyl groups excluding tert-OH is 4. The zero-order chi connectivity index (χ0) is 55.0. The Labute approximate surface area is 439 Å². The molecule has 74 heavy (non-hydrogen) atoms. The lowest BCUT2D eigenvalue weighted by atomic mass is 9.76. The van der Waals surface area contributed by atoms with E-state index in [-0.39, 0.29) is 24.7 Å². The maximum Gasteiger partial charge on any atom is 0.331 e. The second-order valence-corrected chi connectivity index (χ2v) is 22.1. The van der Waals surface area contributed by atoms with Crippen LogP contribution in [0.2, 0.25) is 0 Å². The number of esters is 2. The smallest absolute Gasteiger partial charge is 0.331 e. The van der Waals surface area contributed by atoms with Crippen LogP contribution < -0.4 is 0 Å². The third kappa shape index (κ3) is 14.9. The quantitative estimate of drug-likeness (QED) is 0.106. The molecule has 5 rings (SSSR count). The fourth-order valence-electron chi connectivity index (χ4n) is 12.1. The van der Waals surface area contributed by atoms with Gasteiger partial charge in [0.15, 0.2) is 24.2 Å². The van der Waals surface area contributed by atoms with E-state index in [1.165, 1.54) is 38.5 Å². The molecule has 0 bridgehead atoms. The van der Waals surface area contributed by atoms with Crippen LogP contribution in [0.3, 0.4) is 0 Å². The molecular weight excluding hydrogens is 961 g/mol. The Kier molecular flexibility index (Phi) is 22.9. The van der Waals surface area contributed by atoms with Gasteiger partial charge >= 0.3 is 11.9 Å². The van der Waals surface area contributed by atoms with E-state index in [0.717, 1.165) is 0 Å². The average Bonchev–Trinajstić information content (AvgIpc) is 3.35. The minimum absolute atomic E-state index is 0.0201. The summed E-state index contributed by atoms with van der Waals surface area (Å²) in [6.45, 7) is 21.8. The summed E-state index contributed by atoms with van der Waals surface area (Å²) in [5.41, 5.74) is 0. The Balaban J connectivity index is 1.28. The Morgan fingerprint density at radius 3 is 1.26 bits per heavy atom. The van der Waals surface area contributed by atoms with E-state index >= 15 is 0 Å². The first kappa shape index (κ1) is 62.2. The van der Waals surface area contributed by atoms with E-state index < -0.39 is 157 Å². The molecule has 5 aliphatic rings. The third-order valence-electron chi connectivity index (χ3n) is 17.1. The molecule has 0 spiro atoms. The van der Waals surface area contributed by atoms with Crippen molar-refractivity contribution in [2.24, 2.45) is 47.3 Å². The maximum absolute atomic E-state index is 13.6. The van der Waals surface area contributed by atoms with Gasteiger partial charge in [-0.05, 0) is 40.5 Å². The first-order valence-corrected chi connectivity index (χ1v) is 27.1. The summed E-state index contributed by atoms with van der Waals surface area (Å²) in [7, 11) is 3.06. The molecule has 0 radical (unpaired) electrons. The zero-order valence-electron chi connectivity index (χ0n) is 46.3. The predicted molar refractivity (Wildman–Crippen MR) is 272 cm³/mol. The van der Waals surface area contributed by atoms with Crippen LogP contribution in [0, 0.1) is 47.3 Å². The minimum atomic E-state index is -1.85. The van der Waals surface area contributed by atoms with Crippen molar-refractivity contribution in [1.29, 1.82) is 0 Å². The molecule has 4 fully saturated rings. The van der Waals surface area contributed by atoms with Gasteiger partial charge in [-0.25, -0.2) is 9.59 Å². The van der Waals surface area contributed by atoms with E-state index in [4.69, 9.17) is 47.4 Å². The van der Waals surface area contributed by atoms with Crippen molar-refractivity contribution in [3.63, 3.8) is 0 Å². The SMILES string of the molecule is CC[C@@H]1[C@@H](C)O[C@@](O)([C@@H](C)[C@H](O)[C@H](C)[C@H]2OC(=O)/C=C/C=C/C(C)[C@@H]([C@@H](C)[C@@H](O)[C@H](C)[C@@]3(O)C[C@@H](O[C@H]4C[C@H](OC)[C@H](O)[C@H](C)O4)[C@H](CC)[C@@H](C)O3)OC(=O)/C=C/C=C/C2C)C[C@H]1O[C@H]1C[C@H](OC)[C@H](O)[C@H](C)O1. The normalized spacial score (nSPS) is 45.1. The molecule has 0 amide bonds. The summed E-state index contributed by atoms with van der Waals surface area (Å²) >= 11 is 0. The lowest BCUT2D eigenvalue weighted by Gasteiger charge is -2.50. The number of rotatable bonds is 16. The van der Waals surface area contributed by atoms with Crippen LogP contribution in [0.1, 0.15) is 122 Å². The molecule has 4 saturated heterocycles. The highest BCUT2D eigenvalue weighted by molar-refractivity contribution is 5.83. The number of methoxy groups -OCH3 is 2. The second-order valence-electron chi connectivity index (χ2n) is 22.1. The lowest BCUT2D eigenvalue weighted by Crippen LogP contribution is -2.59. The van der Waals surface area contributed by atoms with Gasteiger partial charge in [0, 0.05) is 99.4 Å². The number of hydrogen-bond acceptors (Lipinski definition) is 18. The molecule has 5 aliphatic heterocycles. The molecule has 0 saturated carbocycles. The van der Waals surface area contributed by atoms with E-state index in [1.54, 1.807) is 65.8 Å². The molecule has 424 valence electrons. The molecule has 2 unspecified atom stereocenters. The molecule has 0 aliphatic carbocycles. The molecule has 6 N–H and O–H groups in total. The highest BCUT2D eigenvalue weighted by atomic mass is 16.7. The molecule has 5 heterocycles. The van der Waals surface area contributed by atoms with Crippen LogP contribution in [0.4, 0.5) is 0 Å². The molecule has 26 atom stereocenters. The minimum Gasteiger partial charge on any atom is -0.458 e. The molecule has 18 nitrogen and oxygen atoms in total. The van der Waals surface area contributed by atoms with Gasteiger partial charge in [0.25, 0.3) is 0 Å². The van der Waals surface area contributed by atoms with Crippen LogP contribution in [-0.2, 0) is 57.0 Å². The molecular formula is C56H92O18. The topological polar surface area (TPSA) is 248 Å². The fourth-order valence-corrected chi connectivity index (χ4v) is 12.1. The van der Waals surface area contributed by atoms with Crippen molar-refractivity contribution in [3.05, 3.63) is 48.6 Å².